The van der Waals surface area contributed by atoms with Crippen molar-refractivity contribution in [3.63, 3.8) is 0 Å². The Balaban J connectivity index is 1.63. The molecule has 2 aliphatic heterocycles. The standard InChI is InChI=1S/C23H20N2O/c1-16-9-5-6-12-18(16)23-25-21(19-13-7-8-14-22(19)26-23)15-20(24-25)17-10-3-2-4-11-17/h2-14,21,23H,15H2,1H3/t21-,23-/m0/s1. The molecule has 2 atom stereocenters. The number of hydrazone groups is 1. The first kappa shape index (κ1) is 15.2. The lowest BCUT2D eigenvalue weighted by Gasteiger charge is -2.38. The number of rotatable bonds is 2. The van der Waals surface area contributed by atoms with Gasteiger partial charge in [-0.05, 0) is 24.1 Å². The number of hydrogen-bond donors (Lipinski definition) is 0. The van der Waals surface area contributed by atoms with Gasteiger partial charge in [0.25, 0.3) is 0 Å². The van der Waals surface area contributed by atoms with Gasteiger partial charge in [0, 0.05) is 17.5 Å². The molecule has 26 heavy (non-hydrogen) atoms. The summed E-state index contributed by atoms with van der Waals surface area (Å²) in [5.74, 6) is 0.964. The predicted molar refractivity (Wildman–Crippen MR) is 103 cm³/mol. The molecule has 0 radical (unpaired) electrons. The molecule has 0 aromatic heterocycles. The van der Waals surface area contributed by atoms with Gasteiger partial charge in [-0.3, -0.25) is 0 Å². The molecule has 128 valence electrons. The summed E-state index contributed by atoms with van der Waals surface area (Å²) < 4.78 is 6.42. The third-order valence-corrected chi connectivity index (χ3v) is 5.26. The van der Waals surface area contributed by atoms with E-state index < -0.39 is 0 Å². The van der Waals surface area contributed by atoms with Gasteiger partial charge < -0.3 is 4.74 Å². The molecule has 0 N–H and O–H groups in total. The van der Waals surface area contributed by atoms with Crippen LogP contribution < -0.4 is 4.74 Å². The first-order chi connectivity index (χ1) is 12.8. The van der Waals surface area contributed by atoms with Crippen LogP contribution in [0, 0.1) is 6.92 Å². The molecular formula is C23H20N2O. The molecule has 0 aliphatic carbocycles. The van der Waals surface area contributed by atoms with Crippen molar-refractivity contribution >= 4 is 5.71 Å². The number of ether oxygens (including phenoxy) is 1. The first-order valence-electron chi connectivity index (χ1n) is 9.03. The Bertz CT molecular complexity index is 980. The van der Waals surface area contributed by atoms with Gasteiger partial charge in [-0.2, -0.15) is 5.10 Å². The van der Waals surface area contributed by atoms with E-state index in [1.165, 1.54) is 22.3 Å². The van der Waals surface area contributed by atoms with Crippen molar-refractivity contribution in [3.05, 3.63) is 101 Å². The summed E-state index contributed by atoms with van der Waals surface area (Å²) in [5.41, 5.74) is 5.91. The molecule has 3 aromatic carbocycles. The fourth-order valence-electron chi connectivity index (χ4n) is 3.91. The van der Waals surface area contributed by atoms with Gasteiger partial charge in [-0.15, -0.1) is 0 Å². The summed E-state index contributed by atoms with van der Waals surface area (Å²) in [6.07, 6.45) is 0.699. The lowest BCUT2D eigenvalue weighted by atomic mass is 9.95. The van der Waals surface area contributed by atoms with Crippen molar-refractivity contribution in [1.29, 1.82) is 0 Å². The molecule has 0 saturated heterocycles. The largest absolute Gasteiger partial charge is 0.464 e. The number of benzene rings is 3. The van der Waals surface area contributed by atoms with Crippen molar-refractivity contribution in [3.8, 4) is 5.75 Å². The maximum atomic E-state index is 6.42. The van der Waals surface area contributed by atoms with Crippen molar-refractivity contribution < 1.29 is 4.74 Å². The Morgan fingerprint density at radius 3 is 2.35 bits per heavy atom. The van der Waals surface area contributed by atoms with Gasteiger partial charge in [-0.1, -0.05) is 72.8 Å². The highest BCUT2D eigenvalue weighted by Gasteiger charge is 2.41. The highest BCUT2D eigenvalue weighted by molar-refractivity contribution is 6.01. The zero-order valence-corrected chi connectivity index (χ0v) is 14.7. The summed E-state index contributed by atoms with van der Waals surface area (Å²) >= 11 is 0. The molecule has 3 aromatic rings. The van der Waals surface area contributed by atoms with Crippen molar-refractivity contribution in [1.82, 2.24) is 5.01 Å². The molecule has 0 unspecified atom stereocenters. The number of para-hydroxylation sites is 1. The maximum Gasteiger partial charge on any atom is 0.214 e. The van der Waals surface area contributed by atoms with Crippen LogP contribution in [0.5, 0.6) is 5.75 Å². The van der Waals surface area contributed by atoms with E-state index in [1.807, 2.05) is 12.1 Å². The Morgan fingerprint density at radius 2 is 1.54 bits per heavy atom. The number of aryl methyl sites for hydroxylation is 1. The molecule has 5 rings (SSSR count). The highest BCUT2D eigenvalue weighted by Crippen LogP contribution is 2.47. The Morgan fingerprint density at radius 1 is 0.846 bits per heavy atom. The van der Waals surface area contributed by atoms with Crippen molar-refractivity contribution in [2.75, 3.05) is 0 Å². The molecule has 0 fully saturated rings. The second-order valence-electron chi connectivity index (χ2n) is 6.88. The minimum Gasteiger partial charge on any atom is -0.464 e. The van der Waals surface area contributed by atoms with Crippen LogP contribution >= 0.6 is 0 Å². The Labute approximate surface area is 153 Å². The van der Waals surface area contributed by atoms with Crippen LogP contribution in [0.15, 0.2) is 84.0 Å². The minimum absolute atomic E-state index is 0.197. The Hall–Kier alpha value is -3.07. The van der Waals surface area contributed by atoms with Crippen LogP contribution in [0.4, 0.5) is 0 Å². The van der Waals surface area contributed by atoms with E-state index >= 15 is 0 Å². The maximum absolute atomic E-state index is 6.42. The fraction of sp³-hybridized carbons (Fsp3) is 0.174. The molecule has 2 heterocycles. The van der Waals surface area contributed by atoms with Crippen LogP contribution in [0.1, 0.15) is 40.9 Å². The zero-order chi connectivity index (χ0) is 17.5. The molecule has 0 bridgehead atoms. The lowest BCUT2D eigenvalue weighted by Crippen LogP contribution is -2.34. The SMILES string of the molecule is Cc1ccccc1[C@@H]1Oc2ccccc2[C@@H]2CC(c3ccccc3)=NN21. The fourth-order valence-corrected chi connectivity index (χ4v) is 3.91. The summed E-state index contributed by atoms with van der Waals surface area (Å²) in [5, 5.41) is 7.15. The Kier molecular flexibility index (Phi) is 3.52. The smallest absolute Gasteiger partial charge is 0.214 e. The quantitative estimate of drug-likeness (QED) is 0.637. The van der Waals surface area contributed by atoms with Crippen LogP contribution in [-0.2, 0) is 0 Å². The third-order valence-electron chi connectivity index (χ3n) is 5.26. The second kappa shape index (κ2) is 6.03. The predicted octanol–water partition coefficient (Wildman–Crippen LogP) is 5.24. The normalized spacial score (nSPS) is 20.8. The summed E-state index contributed by atoms with van der Waals surface area (Å²) in [7, 11) is 0. The van der Waals surface area contributed by atoms with Crippen LogP contribution in [0.3, 0.4) is 0 Å². The van der Waals surface area contributed by atoms with Gasteiger partial charge in [0.15, 0.2) is 0 Å². The van der Waals surface area contributed by atoms with E-state index in [1.54, 1.807) is 0 Å². The van der Waals surface area contributed by atoms with Crippen LogP contribution in [0.25, 0.3) is 0 Å². The third kappa shape index (κ3) is 2.39. The number of nitrogens with zero attached hydrogens (tertiary/aromatic N) is 2. The second-order valence-corrected chi connectivity index (χ2v) is 6.88. The summed E-state index contributed by atoms with van der Waals surface area (Å²) in [4.78, 5) is 0. The van der Waals surface area contributed by atoms with Crippen LogP contribution in [0.2, 0.25) is 0 Å². The van der Waals surface area contributed by atoms with Gasteiger partial charge >= 0.3 is 0 Å². The van der Waals surface area contributed by atoms with Gasteiger partial charge in [-0.25, -0.2) is 5.01 Å². The van der Waals surface area contributed by atoms with Gasteiger partial charge in [0.05, 0.1) is 11.8 Å². The van der Waals surface area contributed by atoms with E-state index in [2.05, 4.69) is 78.7 Å². The molecule has 0 saturated carbocycles. The van der Waals surface area contributed by atoms with E-state index in [4.69, 9.17) is 9.84 Å². The average molecular weight is 340 g/mol. The van der Waals surface area contributed by atoms with E-state index in [-0.39, 0.29) is 12.3 Å². The highest BCUT2D eigenvalue weighted by atomic mass is 16.5. The van der Waals surface area contributed by atoms with Crippen LogP contribution in [-0.4, -0.2) is 10.7 Å². The van der Waals surface area contributed by atoms with E-state index in [0.717, 1.165) is 17.9 Å². The topological polar surface area (TPSA) is 24.8 Å². The lowest BCUT2D eigenvalue weighted by molar-refractivity contribution is -0.0194. The van der Waals surface area contributed by atoms with Gasteiger partial charge in [0.2, 0.25) is 6.23 Å². The monoisotopic (exact) mass is 340 g/mol. The molecule has 2 aliphatic rings. The summed E-state index contributed by atoms with van der Waals surface area (Å²) in [6.45, 7) is 2.13. The molecule has 3 nitrogen and oxygen atoms in total. The van der Waals surface area contributed by atoms with Gasteiger partial charge in [0.1, 0.15) is 5.75 Å². The minimum atomic E-state index is -0.197. The van der Waals surface area contributed by atoms with E-state index in [0.29, 0.717) is 0 Å². The van der Waals surface area contributed by atoms with Crippen molar-refractivity contribution in [2.45, 2.75) is 25.6 Å². The van der Waals surface area contributed by atoms with Crippen molar-refractivity contribution in [2.24, 2.45) is 5.10 Å². The van der Waals surface area contributed by atoms with E-state index in [9.17, 15) is 0 Å². The first-order valence-corrected chi connectivity index (χ1v) is 9.03. The number of fused-ring (bicyclic) bond motifs is 3. The summed E-state index contributed by atoms with van der Waals surface area (Å²) in [6, 6.07) is 27.4. The molecular weight excluding hydrogens is 320 g/mol. The molecule has 0 amide bonds. The average Bonchev–Trinajstić information content (AvgIpc) is 3.14. The zero-order valence-electron chi connectivity index (χ0n) is 14.7. The molecule has 0 spiro atoms. The number of hydrogen-bond acceptors (Lipinski definition) is 3. The molecule has 3 heteroatoms.